The molecule has 0 heterocycles. The Morgan fingerprint density at radius 1 is 1.36 bits per heavy atom. The van der Waals surface area contributed by atoms with Crippen molar-refractivity contribution in [3.05, 3.63) is 23.2 Å². The summed E-state index contributed by atoms with van der Waals surface area (Å²) in [7, 11) is -2.23. The SMILES string of the molecule is COc1ccc(Cl)cc1N(CC(=O)N[C@@H]1C[C@H]2CC[C@H]1C2)S(C)(=O)=O. The van der Waals surface area contributed by atoms with Crippen LogP contribution in [-0.2, 0) is 14.8 Å². The second-order valence-electron chi connectivity index (χ2n) is 6.93. The molecule has 2 fully saturated rings. The predicted octanol–water partition coefficient (Wildman–Crippen LogP) is 2.42. The van der Waals surface area contributed by atoms with Gasteiger partial charge in [0.1, 0.15) is 12.3 Å². The number of rotatable bonds is 6. The summed E-state index contributed by atoms with van der Waals surface area (Å²) >= 11 is 6.01. The summed E-state index contributed by atoms with van der Waals surface area (Å²) in [6.45, 7) is -0.288. The van der Waals surface area contributed by atoms with Gasteiger partial charge in [0, 0.05) is 11.1 Å². The van der Waals surface area contributed by atoms with Crippen LogP contribution in [0.15, 0.2) is 18.2 Å². The number of ether oxygens (including phenoxy) is 1. The van der Waals surface area contributed by atoms with E-state index in [2.05, 4.69) is 5.32 Å². The zero-order valence-electron chi connectivity index (χ0n) is 14.4. The van der Waals surface area contributed by atoms with Crippen molar-refractivity contribution >= 4 is 33.2 Å². The van der Waals surface area contributed by atoms with Gasteiger partial charge in [0.25, 0.3) is 0 Å². The first-order valence-corrected chi connectivity index (χ1v) is 10.6. The molecule has 3 rings (SSSR count). The average Bonchev–Trinajstić information content (AvgIpc) is 3.14. The molecule has 25 heavy (non-hydrogen) atoms. The lowest BCUT2D eigenvalue weighted by atomic mass is 9.95. The summed E-state index contributed by atoms with van der Waals surface area (Å²) in [4.78, 5) is 12.5. The molecule has 1 amide bonds. The second-order valence-corrected chi connectivity index (χ2v) is 9.28. The topological polar surface area (TPSA) is 75.7 Å². The number of methoxy groups -OCH3 is 1. The molecule has 1 N–H and O–H groups in total. The molecule has 8 heteroatoms. The smallest absolute Gasteiger partial charge is 0.241 e. The molecule has 2 saturated carbocycles. The van der Waals surface area contributed by atoms with Crippen LogP contribution >= 0.6 is 11.6 Å². The normalized spacial score (nSPS) is 25.0. The highest BCUT2D eigenvalue weighted by Gasteiger charge is 2.40. The molecule has 2 aliphatic rings. The van der Waals surface area contributed by atoms with Gasteiger partial charge >= 0.3 is 0 Å². The molecule has 3 atom stereocenters. The lowest BCUT2D eigenvalue weighted by molar-refractivity contribution is -0.120. The van der Waals surface area contributed by atoms with Gasteiger partial charge in [-0.1, -0.05) is 18.0 Å². The fourth-order valence-corrected chi connectivity index (χ4v) is 5.06. The molecular formula is C17H23ClN2O4S. The number of amides is 1. The van der Waals surface area contributed by atoms with Crippen LogP contribution in [0.25, 0.3) is 0 Å². The summed E-state index contributed by atoms with van der Waals surface area (Å²) < 4.78 is 30.8. The molecule has 0 aliphatic heterocycles. The Hall–Kier alpha value is -1.47. The van der Waals surface area contributed by atoms with Gasteiger partial charge in [-0.25, -0.2) is 8.42 Å². The van der Waals surface area contributed by atoms with Gasteiger partial charge < -0.3 is 10.1 Å². The number of sulfonamides is 1. The van der Waals surface area contributed by atoms with Crippen molar-refractivity contribution in [1.82, 2.24) is 5.32 Å². The average molecular weight is 387 g/mol. The van der Waals surface area contributed by atoms with Crippen molar-refractivity contribution in [3.63, 3.8) is 0 Å². The van der Waals surface area contributed by atoms with Gasteiger partial charge in [-0.3, -0.25) is 9.10 Å². The maximum Gasteiger partial charge on any atom is 0.241 e. The van der Waals surface area contributed by atoms with Crippen molar-refractivity contribution in [2.45, 2.75) is 31.7 Å². The van der Waals surface area contributed by atoms with E-state index in [0.717, 1.165) is 23.4 Å². The van der Waals surface area contributed by atoms with E-state index >= 15 is 0 Å². The molecule has 0 saturated heterocycles. The molecule has 2 bridgehead atoms. The van der Waals surface area contributed by atoms with E-state index in [1.165, 1.54) is 26.0 Å². The molecule has 0 aromatic heterocycles. The van der Waals surface area contributed by atoms with Crippen LogP contribution in [0.1, 0.15) is 25.7 Å². The molecule has 2 aliphatic carbocycles. The van der Waals surface area contributed by atoms with Crippen molar-refractivity contribution < 1.29 is 17.9 Å². The van der Waals surface area contributed by atoms with E-state index in [9.17, 15) is 13.2 Å². The fraction of sp³-hybridized carbons (Fsp3) is 0.588. The number of carbonyl (C=O) groups is 1. The van der Waals surface area contributed by atoms with E-state index in [1.807, 2.05) is 0 Å². The standard InChI is InChI=1S/C17H23ClN2O4S/c1-24-16-6-5-13(18)9-15(16)20(25(2,22)23)10-17(21)19-14-8-11-3-4-12(14)7-11/h5-6,9,11-12,14H,3-4,7-8,10H2,1-2H3,(H,19,21)/t11-,12-,14+/m0/s1. The van der Waals surface area contributed by atoms with E-state index in [4.69, 9.17) is 16.3 Å². The van der Waals surface area contributed by atoms with Gasteiger partial charge in [-0.05, 0) is 49.3 Å². The molecule has 0 radical (unpaired) electrons. The van der Waals surface area contributed by atoms with Crippen LogP contribution in [0, 0.1) is 11.8 Å². The molecule has 138 valence electrons. The Labute approximate surface area is 153 Å². The fourth-order valence-electron chi connectivity index (χ4n) is 4.04. The van der Waals surface area contributed by atoms with Crippen LogP contribution in [0.5, 0.6) is 5.75 Å². The molecule has 6 nitrogen and oxygen atoms in total. The minimum Gasteiger partial charge on any atom is -0.495 e. The largest absolute Gasteiger partial charge is 0.495 e. The van der Waals surface area contributed by atoms with Gasteiger partial charge in [-0.15, -0.1) is 0 Å². The number of nitrogens with zero attached hydrogens (tertiary/aromatic N) is 1. The zero-order valence-corrected chi connectivity index (χ0v) is 15.9. The van der Waals surface area contributed by atoms with E-state index in [1.54, 1.807) is 12.1 Å². The Morgan fingerprint density at radius 3 is 2.68 bits per heavy atom. The highest BCUT2D eigenvalue weighted by molar-refractivity contribution is 7.92. The summed E-state index contributed by atoms with van der Waals surface area (Å²) in [6.07, 6.45) is 5.62. The first kappa shape index (κ1) is 18.3. The Morgan fingerprint density at radius 2 is 2.12 bits per heavy atom. The number of benzene rings is 1. The third kappa shape index (κ3) is 4.03. The summed E-state index contributed by atoms with van der Waals surface area (Å²) in [5, 5.41) is 3.39. The first-order chi connectivity index (χ1) is 11.8. The summed E-state index contributed by atoms with van der Waals surface area (Å²) in [6, 6.07) is 4.85. The van der Waals surface area contributed by atoms with Crippen LogP contribution in [-0.4, -0.2) is 40.3 Å². The lowest BCUT2D eigenvalue weighted by Crippen LogP contribution is -2.45. The number of hydrogen-bond donors (Lipinski definition) is 1. The quantitative estimate of drug-likeness (QED) is 0.814. The van der Waals surface area contributed by atoms with Crippen LogP contribution in [0.4, 0.5) is 5.69 Å². The number of halogens is 1. The Kier molecular flexibility index (Phi) is 5.16. The molecular weight excluding hydrogens is 364 g/mol. The van der Waals surface area contributed by atoms with Crippen molar-refractivity contribution in [3.8, 4) is 5.75 Å². The van der Waals surface area contributed by atoms with Gasteiger partial charge in [0.2, 0.25) is 15.9 Å². The Bertz CT molecular complexity index is 768. The van der Waals surface area contributed by atoms with Crippen molar-refractivity contribution in [2.75, 3.05) is 24.2 Å². The van der Waals surface area contributed by atoms with Crippen LogP contribution < -0.4 is 14.4 Å². The third-order valence-electron chi connectivity index (χ3n) is 5.18. The Balaban J connectivity index is 1.78. The zero-order chi connectivity index (χ0) is 18.2. The minimum absolute atomic E-state index is 0.161. The summed E-state index contributed by atoms with van der Waals surface area (Å²) in [5.74, 6) is 1.28. The number of fused-ring (bicyclic) bond motifs is 2. The van der Waals surface area contributed by atoms with Crippen LogP contribution in [0.3, 0.4) is 0 Å². The van der Waals surface area contributed by atoms with E-state index < -0.39 is 10.0 Å². The summed E-state index contributed by atoms with van der Waals surface area (Å²) in [5.41, 5.74) is 0.264. The van der Waals surface area contributed by atoms with Crippen LogP contribution in [0.2, 0.25) is 5.02 Å². The van der Waals surface area contributed by atoms with Crippen molar-refractivity contribution in [1.29, 1.82) is 0 Å². The number of anilines is 1. The predicted molar refractivity (Wildman–Crippen MR) is 97.6 cm³/mol. The first-order valence-electron chi connectivity index (χ1n) is 8.38. The maximum atomic E-state index is 12.5. The number of nitrogens with one attached hydrogen (secondary N) is 1. The maximum absolute atomic E-state index is 12.5. The van der Waals surface area contributed by atoms with E-state index in [-0.39, 0.29) is 24.2 Å². The van der Waals surface area contributed by atoms with Gasteiger partial charge in [0.15, 0.2) is 0 Å². The molecule has 0 spiro atoms. The minimum atomic E-state index is -3.67. The van der Waals surface area contributed by atoms with E-state index in [0.29, 0.717) is 22.6 Å². The second kappa shape index (κ2) is 7.03. The monoisotopic (exact) mass is 386 g/mol. The van der Waals surface area contributed by atoms with Gasteiger partial charge in [-0.2, -0.15) is 0 Å². The molecule has 1 aromatic carbocycles. The molecule has 1 aromatic rings. The highest BCUT2D eigenvalue weighted by Crippen LogP contribution is 2.44. The number of hydrogen-bond acceptors (Lipinski definition) is 4. The third-order valence-corrected chi connectivity index (χ3v) is 6.54. The van der Waals surface area contributed by atoms with Gasteiger partial charge in [0.05, 0.1) is 19.1 Å². The number of carbonyl (C=O) groups excluding carboxylic acids is 1. The lowest BCUT2D eigenvalue weighted by Gasteiger charge is -2.27. The van der Waals surface area contributed by atoms with Crippen molar-refractivity contribution in [2.24, 2.45) is 11.8 Å². The molecule has 0 unspecified atom stereocenters. The highest BCUT2D eigenvalue weighted by atomic mass is 35.5.